The van der Waals surface area contributed by atoms with Crippen molar-refractivity contribution in [1.29, 1.82) is 0 Å². The Kier molecular flexibility index (Phi) is 4.72. The number of aromatic nitrogens is 2. The van der Waals surface area contributed by atoms with Gasteiger partial charge in [-0.2, -0.15) is 11.8 Å². The summed E-state index contributed by atoms with van der Waals surface area (Å²) >= 11 is 3.22. The molecule has 0 saturated carbocycles. The summed E-state index contributed by atoms with van der Waals surface area (Å²) in [5.41, 5.74) is 2.64. The summed E-state index contributed by atoms with van der Waals surface area (Å²) in [5, 5.41) is 11.8. The molecule has 0 aliphatic carbocycles. The fourth-order valence-corrected chi connectivity index (χ4v) is 3.76. The lowest BCUT2D eigenvalue weighted by molar-refractivity contribution is 0.248. The molecule has 1 saturated heterocycles. The number of hydrogen-bond donors (Lipinski definition) is 2. The average molecular weight is 320 g/mol. The van der Waals surface area contributed by atoms with Crippen molar-refractivity contribution in [2.45, 2.75) is 18.9 Å². The first-order chi connectivity index (χ1) is 10.3. The second kappa shape index (κ2) is 6.91. The van der Waals surface area contributed by atoms with Crippen LogP contribution >= 0.6 is 23.3 Å². The minimum Gasteiger partial charge on any atom is -0.334 e. The molecule has 1 aliphatic rings. The predicted molar refractivity (Wildman–Crippen MR) is 87.8 cm³/mol. The van der Waals surface area contributed by atoms with Crippen LogP contribution in [0.5, 0.6) is 0 Å². The van der Waals surface area contributed by atoms with Gasteiger partial charge >= 0.3 is 6.03 Å². The van der Waals surface area contributed by atoms with Crippen molar-refractivity contribution in [1.82, 2.24) is 14.9 Å². The highest BCUT2D eigenvalue weighted by molar-refractivity contribution is 7.99. The lowest BCUT2D eigenvalue weighted by atomic mass is 10.1. The molecule has 0 radical (unpaired) electrons. The summed E-state index contributed by atoms with van der Waals surface area (Å²) in [6, 6.07) is 7.77. The van der Waals surface area contributed by atoms with Crippen molar-refractivity contribution in [3.63, 3.8) is 0 Å². The number of amides is 2. The Bertz CT molecular complexity index is 580. The Balaban J connectivity index is 1.56. The minimum absolute atomic E-state index is 0.134. The molecule has 2 aromatic rings. The van der Waals surface area contributed by atoms with Crippen molar-refractivity contribution >= 4 is 35.0 Å². The second-order valence-electron chi connectivity index (χ2n) is 4.88. The minimum atomic E-state index is -0.134. The SMILES string of the molecule is O=C(Nc1ccc(-c2csnn2)cc1)N[C@@H]1CCCSC1. The van der Waals surface area contributed by atoms with E-state index >= 15 is 0 Å². The summed E-state index contributed by atoms with van der Waals surface area (Å²) in [7, 11) is 0. The third-order valence-electron chi connectivity index (χ3n) is 3.29. The van der Waals surface area contributed by atoms with E-state index in [9.17, 15) is 4.79 Å². The summed E-state index contributed by atoms with van der Waals surface area (Å²) in [6.07, 6.45) is 2.24. The maximum absolute atomic E-state index is 11.9. The van der Waals surface area contributed by atoms with Gasteiger partial charge in [0, 0.05) is 28.4 Å². The van der Waals surface area contributed by atoms with E-state index in [0.717, 1.165) is 29.1 Å². The van der Waals surface area contributed by atoms with Crippen LogP contribution in [0.3, 0.4) is 0 Å². The highest BCUT2D eigenvalue weighted by atomic mass is 32.2. The maximum atomic E-state index is 11.9. The van der Waals surface area contributed by atoms with Crippen LogP contribution in [0.1, 0.15) is 12.8 Å². The molecule has 1 atom stereocenters. The van der Waals surface area contributed by atoms with E-state index < -0.39 is 0 Å². The summed E-state index contributed by atoms with van der Waals surface area (Å²) < 4.78 is 3.84. The number of nitrogens with one attached hydrogen (secondary N) is 2. The Labute approximate surface area is 131 Å². The normalized spacial score (nSPS) is 18.2. The number of urea groups is 1. The highest BCUT2D eigenvalue weighted by Gasteiger charge is 2.15. The van der Waals surface area contributed by atoms with Gasteiger partial charge in [0.15, 0.2) is 0 Å². The van der Waals surface area contributed by atoms with Crippen molar-refractivity contribution in [2.75, 3.05) is 16.8 Å². The Morgan fingerprint density at radius 1 is 1.29 bits per heavy atom. The fourth-order valence-electron chi connectivity index (χ4n) is 2.22. The summed E-state index contributed by atoms with van der Waals surface area (Å²) in [4.78, 5) is 11.9. The molecule has 21 heavy (non-hydrogen) atoms. The third-order valence-corrected chi connectivity index (χ3v) is 5.01. The number of carbonyl (C=O) groups is 1. The van der Waals surface area contributed by atoms with Gasteiger partial charge in [0.1, 0.15) is 5.69 Å². The largest absolute Gasteiger partial charge is 0.334 e. The first-order valence-electron chi connectivity index (χ1n) is 6.84. The second-order valence-corrected chi connectivity index (χ2v) is 6.64. The highest BCUT2D eigenvalue weighted by Crippen LogP contribution is 2.20. The number of benzene rings is 1. The fraction of sp³-hybridized carbons (Fsp3) is 0.357. The number of anilines is 1. The zero-order valence-electron chi connectivity index (χ0n) is 11.4. The van der Waals surface area contributed by atoms with Gasteiger partial charge < -0.3 is 10.6 Å². The van der Waals surface area contributed by atoms with Gasteiger partial charge in [-0.25, -0.2) is 4.79 Å². The molecule has 1 aliphatic heterocycles. The van der Waals surface area contributed by atoms with Crippen LogP contribution in [-0.4, -0.2) is 33.2 Å². The van der Waals surface area contributed by atoms with Crippen LogP contribution in [0.25, 0.3) is 11.3 Å². The van der Waals surface area contributed by atoms with Gasteiger partial charge in [-0.05, 0) is 42.3 Å². The molecule has 0 unspecified atom stereocenters. The molecule has 7 heteroatoms. The zero-order valence-corrected chi connectivity index (χ0v) is 13.0. The molecule has 1 aromatic heterocycles. The number of hydrogen-bond acceptors (Lipinski definition) is 5. The summed E-state index contributed by atoms with van der Waals surface area (Å²) in [5.74, 6) is 2.20. The Hall–Kier alpha value is -1.60. The quantitative estimate of drug-likeness (QED) is 0.911. The average Bonchev–Trinajstić information content (AvgIpc) is 3.03. The van der Waals surface area contributed by atoms with Gasteiger partial charge in [0.2, 0.25) is 0 Å². The molecule has 1 aromatic carbocycles. The monoisotopic (exact) mass is 320 g/mol. The molecule has 2 amide bonds. The predicted octanol–water partition coefficient (Wildman–Crippen LogP) is 3.22. The molecule has 5 nitrogen and oxygen atoms in total. The van der Waals surface area contributed by atoms with Gasteiger partial charge in [-0.1, -0.05) is 16.6 Å². The number of nitrogens with zero attached hydrogens (tertiary/aromatic N) is 2. The molecule has 0 spiro atoms. The van der Waals surface area contributed by atoms with Crippen molar-refractivity contribution in [3.05, 3.63) is 29.6 Å². The van der Waals surface area contributed by atoms with Crippen molar-refractivity contribution < 1.29 is 4.79 Å². The van der Waals surface area contributed by atoms with Crippen molar-refractivity contribution in [2.24, 2.45) is 0 Å². The first-order valence-corrected chi connectivity index (χ1v) is 8.83. The van der Waals surface area contributed by atoms with E-state index in [0.29, 0.717) is 0 Å². The Morgan fingerprint density at radius 2 is 2.14 bits per heavy atom. The Morgan fingerprint density at radius 3 is 2.81 bits per heavy atom. The van der Waals surface area contributed by atoms with Crippen LogP contribution in [0.4, 0.5) is 10.5 Å². The molecule has 2 heterocycles. The van der Waals surface area contributed by atoms with Gasteiger partial charge in [0.05, 0.1) is 0 Å². The molecule has 3 rings (SSSR count). The van der Waals surface area contributed by atoms with E-state index in [1.54, 1.807) is 0 Å². The maximum Gasteiger partial charge on any atom is 0.319 e. The molecule has 0 bridgehead atoms. The molecular formula is C14H16N4OS2. The zero-order chi connectivity index (χ0) is 14.5. The standard InChI is InChI=1S/C14H16N4OS2/c19-14(16-12-2-1-7-20-8-12)15-11-5-3-10(4-6-11)13-9-21-18-17-13/h3-6,9,12H,1-2,7-8H2,(H2,15,16,19)/t12-/m1/s1. The lowest BCUT2D eigenvalue weighted by Crippen LogP contribution is -2.40. The van der Waals surface area contributed by atoms with E-state index in [-0.39, 0.29) is 12.1 Å². The lowest BCUT2D eigenvalue weighted by Gasteiger charge is -2.22. The van der Waals surface area contributed by atoms with Crippen LogP contribution in [0.15, 0.2) is 29.6 Å². The van der Waals surface area contributed by atoms with E-state index in [1.165, 1.54) is 23.7 Å². The van der Waals surface area contributed by atoms with Crippen molar-refractivity contribution in [3.8, 4) is 11.3 Å². The van der Waals surface area contributed by atoms with E-state index in [1.807, 2.05) is 41.4 Å². The number of carbonyl (C=O) groups excluding carboxylic acids is 1. The van der Waals surface area contributed by atoms with Gasteiger partial charge in [-0.3, -0.25) is 0 Å². The van der Waals surface area contributed by atoms with E-state index in [4.69, 9.17) is 0 Å². The molecule has 2 N–H and O–H groups in total. The van der Waals surface area contributed by atoms with Crippen LogP contribution in [0.2, 0.25) is 0 Å². The van der Waals surface area contributed by atoms with Crippen LogP contribution in [0, 0.1) is 0 Å². The van der Waals surface area contributed by atoms with Crippen LogP contribution < -0.4 is 10.6 Å². The number of thioether (sulfide) groups is 1. The molecule has 1 fully saturated rings. The van der Waals surface area contributed by atoms with Gasteiger partial charge in [-0.15, -0.1) is 5.10 Å². The first kappa shape index (κ1) is 14.3. The summed E-state index contributed by atoms with van der Waals surface area (Å²) in [6.45, 7) is 0. The third kappa shape index (κ3) is 3.95. The molecular weight excluding hydrogens is 304 g/mol. The van der Waals surface area contributed by atoms with Crippen LogP contribution in [-0.2, 0) is 0 Å². The molecule has 110 valence electrons. The smallest absolute Gasteiger partial charge is 0.319 e. The topological polar surface area (TPSA) is 66.9 Å². The van der Waals surface area contributed by atoms with Gasteiger partial charge in [0.25, 0.3) is 0 Å². The number of rotatable bonds is 3. The van der Waals surface area contributed by atoms with E-state index in [2.05, 4.69) is 20.2 Å².